The van der Waals surface area contributed by atoms with Crippen LogP contribution in [-0.4, -0.2) is 28.3 Å². The second-order valence-electron chi connectivity index (χ2n) is 5.93. The van der Waals surface area contributed by atoms with Gasteiger partial charge < -0.3 is 19.2 Å². The molecule has 0 spiro atoms. The van der Waals surface area contributed by atoms with Crippen LogP contribution in [-0.2, 0) is 23.2 Å². The van der Waals surface area contributed by atoms with Crippen molar-refractivity contribution in [2.24, 2.45) is 7.05 Å². The molecule has 0 unspecified atom stereocenters. The van der Waals surface area contributed by atoms with E-state index in [-0.39, 0.29) is 18.2 Å². The van der Waals surface area contributed by atoms with Crippen LogP contribution in [0.4, 0.5) is 10.2 Å². The van der Waals surface area contributed by atoms with E-state index in [0.717, 1.165) is 5.69 Å². The van der Waals surface area contributed by atoms with Gasteiger partial charge in [-0.1, -0.05) is 0 Å². The molecule has 0 bridgehead atoms. The molecule has 0 aliphatic carbocycles. The zero-order chi connectivity index (χ0) is 20.1. The second-order valence-corrected chi connectivity index (χ2v) is 5.93. The number of benzene rings is 1. The molecule has 28 heavy (non-hydrogen) atoms. The maximum absolute atomic E-state index is 12.9. The van der Waals surface area contributed by atoms with Crippen molar-refractivity contribution in [3.05, 3.63) is 65.5 Å². The number of halogens is 1. The zero-order valence-electron chi connectivity index (χ0n) is 15.3. The first-order chi connectivity index (χ1) is 13.4. The summed E-state index contributed by atoms with van der Waals surface area (Å²) in [5, 5.41) is 6.69. The maximum Gasteiger partial charge on any atom is 0.374 e. The number of furan rings is 1. The van der Waals surface area contributed by atoms with Crippen molar-refractivity contribution >= 4 is 17.7 Å². The van der Waals surface area contributed by atoms with Crippen LogP contribution in [0.5, 0.6) is 5.75 Å². The first-order valence-corrected chi connectivity index (χ1v) is 8.35. The van der Waals surface area contributed by atoms with Gasteiger partial charge in [-0.15, -0.1) is 0 Å². The van der Waals surface area contributed by atoms with E-state index >= 15 is 0 Å². The van der Waals surface area contributed by atoms with Crippen LogP contribution < -0.4 is 10.1 Å². The van der Waals surface area contributed by atoms with E-state index in [1.165, 1.54) is 35.0 Å². The SMILES string of the molecule is Cc1cc(NC(=O)COC(=O)c2ccc(COc3ccc(F)cc3)o2)n(C)n1. The van der Waals surface area contributed by atoms with Gasteiger partial charge >= 0.3 is 5.97 Å². The first kappa shape index (κ1) is 19.2. The summed E-state index contributed by atoms with van der Waals surface area (Å²) in [4.78, 5) is 23.9. The Morgan fingerprint density at radius 2 is 1.96 bits per heavy atom. The largest absolute Gasteiger partial charge is 0.486 e. The average Bonchev–Trinajstić information content (AvgIpc) is 3.25. The molecule has 146 valence electrons. The number of carbonyl (C=O) groups is 2. The average molecular weight is 387 g/mol. The van der Waals surface area contributed by atoms with Crippen molar-refractivity contribution in [3.63, 3.8) is 0 Å². The fourth-order valence-corrected chi connectivity index (χ4v) is 2.36. The number of aryl methyl sites for hydroxylation is 2. The lowest BCUT2D eigenvalue weighted by atomic mass is 10.3. The van der Waals surface area contributed by atoms with Gasteiger partial charge in [0.15, 0.2) is 6.61 Å². The quantitative estimate of drug-likeness (QED) is 0.627. The van der Waals surface area contributed by atoms with Gasteiger partial charge in [0.05, 0.1) is 5.69 Å². The normalized spacial score (nSPS) is 10.5. The van der Waals surface area contributed by atoms with Gasteiger partial charge in [-0.05, 0) is 43.3 Å². The molecule has 0 aliphatic heterocycles. The van der Waals surface area contributed by atoms with Crippen LogP contribution in [0.1, 0.15) is 22.0 Å². The fraction of sp³-hybridized carbons (Fsp3) is 0.211. The minimum absolute atomic E-state index is 0.0538. The number of nitrogens with one attached hydrogen (secondary N) is 1. The highest BCUT2D eigenvalue weighted by molar-refractivity contribution is 5.94. The Kier molecular flexibility index (Phi) is 5.73. The summed E-state index contributed by atoms with van der Waals surface area (Å²) in [6.07, 6.45) is 0. The van der Waals surface area contributed by atoms with Crippen molar-refractivity contribution in [1.82, 2.24) is 9.78 Å². The van der Waals surface area contributed by atoms with E-state index in [1.54, 1.807) is 26.1 Å². The van der Waals surface area contributed by atoms with E-state index in [9.17, 15) is 14.0 Å². The number of amides is 1. The minimum atomic E-state index is -0.774. The van der Waals surface area contributed by atoms with Gasteiger partial charge in [-0.2, -0.15) is 5.10 Å². The summed E-state index contributed by atoms with van der Waals surface area (Å²) in [6.45, 7) is 1.38. The molecule has 2 aromatic heterocycles. The molecule has 0 saturated heterocycles. The van der Waals surface area contributed by atoms with Crippen molar-refractivity contribution < 1.29 is 27.9 Å². The second kappa shape index (κ2) is 8.38. The highest BCUT2D eigenvalue weighted by Crippen LogP contribution is 2.15. The minimum Gasteiger partial charge on any atom is -0.486 e. The molecule has 1 N–H and O–H groups in total. The van der Waals surface area contributed by atoms with Crippen molar-refractivity contribution in [2.75, 3.05) is 11.9 Å². The molecule has 3 rings (SSSR count). The molecule has 3 aromatic rings. The molecule has 0 saturated carbocycles. The highest BCUT2D eigenvalue weighted by Gasteiger charge is 2.16. The van der Waals surface area contributed by atoms with Gasteiger partial charge in [-0.25, -0.2) is 9.18 Å². The van der Waals surface area contributed by atoms with Gasteiger partial charge in [0, 0.05) is 13.1 Å². The molecule has 0 fully saturated rings. The van der Waals surface area contributed by atoms with Crippen molar-refractivity contribution in [1.29, 1.82) is 0 Å². The molecular formula is C19H18FN3O5. The number of carbonyl (C=O) groups excluding carboxylic acids is 2. The predicted molar refractivity (Wildman–Crippen MR) is 96.3 cm³/mol. The van der Waals surface area contributed by atoms with Crippen LogP contribution in [0.25, 0.3) is 0 Å². The van der Waals surface area contributed by atoms with Crippen molar-refractivity contribution in [2.45, 2.75) is 13.5 Å². The molecule has 0 aliphatic rings. The Hall–Kier alpha value is -3.62. The standard InChI is InChI=1S/C19H18FN3O5/c1-12-9-17(23(2)22-12)21-18(24)11-27-19(25)16-8-7-15(28-16)10-26-14-5-3-13(20)4-6-14/h3-9H,10-11H2,1-2H3,(H,21,24). The Morgan fingerprint density at radius 1 is 1.21 bits per heavy atom. The molecule has 2 heterocycles. The van der Waals surface area contributed by atoms with Gasteiger partial charge in [0.25, 0.3) is 5.91 Å². The third-order valence-electron chi connectivity index (χ3n) is 3.66. The van der Waals surface area contributed by atoms with Crippen LogP contribution in [0.3, 0.4) is 0 Å². The van der Waals surface area contributed by atoms with Crippen molar-refractivity contribution in [3.8, 4) is 5.75 Å². The van der Waals surface area contributed by atoms with Gasteiger partial charge in [0.2, 0.25) is 5.76 Å². The Balaban J connectivity index is 1.47. The lowest BCUT2D eigenvalue weighted by Crippen LogP contribution is -2.22. The zero-order valence-corrected chi connectivity index (χ0v) is 15.3. The van der Waals surface area contributed by atoms with E-state index in [2.05, 4.69) is 10.4 Å². The van der Waals surface area contributed by atoms with E-state index < -0.39 is 18.5 Å². The number of esters is 1. The lowest BCUT2D eigenvalue weighted by molar-refractivity contribution is -0.119. The molecule has 0 radical (unpaired) electrons. The first-order valence-electron chi connectivity index (χ1n) is 8.35. The van der Waals surface area contributed by atoms with E-state index in [0.29, 0.717) is 17.3 Å². The maximum atomic E-state index is 12.9. The predicted octanol–water partition coefficient (Wildman–Crippen LogP) is 2.84. The Bertz CT molecular complexity index is 978. The summed E-state index contributed by atoms with van der Waals surface area (Å²) < 4.78 is 30.1. The highest BCUT2D eigenvalue weighted by atomic mass is 19.1. The number of aromatic nitrogens is 2. The monoisotopic (exact) mass is 387 g/mol. The summed E-state index contributed by atoms with van der Waals surface area (Å²) in [6, 6.07) is 10.2. The molecule has 9 heteroatoms. The Morgan fingerprint density at radius 3 is 2.64 bits per heavy atom. The third-order valence-corrected chi connectivity index (χ3v) is 3.66. The summed E-state index contributed by atoms with van der Waals surface area (Å²) in [7, 11) is 1.69. The number of hydrogen-bond acceptors (Lipinski definition) is 6. The molecule has 8 nitrogen and oxygen atoms in total. The van der Waals surface area contributed by atoms with Crippen LogP contribution >= 0.6 is 0 Å². The van der Waals surface area contributed by atoms with Crippen LogP contribution in [0, 0.1) is 12.7 Å². The van der Waals surface area contributed by atoms with E-state index in [4.69, 9.17) is 13.9 Å². The summed E-state index contributed by atoms with van der Waals surface area (Å²) in [5.74, 6) is -0.348. The third kappa shape index (κ3) is 4.97. The number of rotatable bonds is 7. The number of hydrogen-bond donors (Lipinski definition) is 1. The lowest BCUT2D eigenvalue weighted by Gasteiger charge is -2.06. The molecule has 1 amide bonds. The summed E-state index contributed by atoms with van der Waals surface area (Å²) in [5.41, 5.74) is 0.751. The fourth-order valence-electron chi connectivity index (χ4n) is 2.36. The number of anilines is 1. The molecule has 1 aromatic carbocycles. The number of nitrogens with zero attached hydrogens (tertiary/aromatic N) is 2. The van der Waals surface area contributed by atoms with Gasteiger partial charge in [-0.3, -0.25) is 9.48 Å². The van der Waals surface area contributed by atoms with Crippen LogP contribution in [0.15, 0.2) is 46.9 Å². The van der Waals surface area contributed by atoms with Gasteiger partial charge in [0.1, 0.15) is 29.8 Å². The smallest absolute Gasteiger partial charge is 0.374 e. The number of ether oxygens (including phenoxy) is 2. The Labute approximate surface area is 159 Å². The topological polar surface area (TPSA) is 95.6 Å². The molecule has 0 atom stereocenters. The van der Waals surface area contributed by atoms with Crippen LogP contribution in [0.2, 0.25) is 0 Å². The molecular weight excluding hydrogens is 369 g/mol. The summed E-state index contributed by atoms with van der Waals surface area (Å²) >= 11 is 0. The van der Waals surface area contributed by atoms with E-state index in [1.807, 2.05) is 0 Å².